The Morgan fingerprint density at radius 2 is 1.76 bits per heavy atom. The van der Waals surface area contributed by atoms with Gasteiger partial charge in [0.2, 0.25) is 0 Å². The van der Waals surface area contributed by atoms with Crippen molar-refractivity contribution in [3.8, 4) is 11.5 Å². The van der Waals surface area contributed by atoms with E-state index in [-0.39, 0.29) is 11.6 Å². The summed E-state index contributed by atoms with van der Waals surface area (Å²) in [6.07, 6.45) is 5.87. The molecular weight excluding hydrogens is 266 g/mol. The van der Waals surface area contributed by atoms with Crippen molar-refractivity contribution in [2.24, 2.45) is 0 Å². The van der Waals surface area contributed by atoms with Crippen molar-refractivity contribution >= 4 is 0 Å². The molecule has 1 N–H and O–H groups in total. The maximum atomic E-state index is 5.99. The summed E-state index contributed by atoms with van der Waals surface area (Å²) in [7, 11) is 7.18. The SMILES string of the molecule is CNC(c1ccc(OC)cc1OC)C1(OC)CCCCC1. The second-order valence-corrected chi connectivity index (χ2v) is 5.66. The lowest BCUT2D eigenvalue weighted by Gasteiger charge is -2.43. The summed E-state index contributed by atoms with van der Waals surface area (Å²) >= 11 is 0. The Labute approximate surface area is 127 Å². The number of hydrogen-bond acceptors (Lipinski definition) is 4. The van der Waals surface area contributed by atoms with E-state index >= 15 is 0 Å². The quantitative estimate of drug-likeness (QED) is 0.873. The molecule has 1 unspecified atom stereocenters. The molecule has 0 bridgehead atoms. The van der Waals surface area contributed by atoms with Crippen molar-refractivity contribution in [3.63, 3.8) is 0 Å². The van der Waals surface area contributed by atoms with Crippen LogP contribution in [-0.2, 0) is 4.74 Å². The molecule has 1 aromatic rings. The highest BCUT2D eigenvalue weighted by Crippen LogP contribution is 2.44. The number of hydrogen-bond donors (Lipinski definition) is 1. The molecule has 4 nitrogen and oxygen atoms in total. The monoisotopic (exact) mass is 293 g/mol. The molecular formula is C17H27NO3. The third kappa shape index (κ3) is 3.16. The molecule has 1 aliphatic carbocycles. The fourth-order valence-electron chi connectivity index (χ4n) is 3.52. The van der Waals surface area contributed by atoms with Gasteiger partial charge in [-0.2, -0.15) is 0 Å². The number of methoxy groups -OCH3 is 3. The predicted octanol–water partition coefficient (Wildman–Crippen LogP) is 3.31. The first-order valence-corrected chi connectivity index (χ1v) is 7.65. The predicted molar refractivity (Wildman–Crippen MR) is 84.2 cm³/mol. The van der Waals surface area contributed by atoms with E-state index in [9.17, 15) is 0 Å². The molecule has 0 amide bonds. The highest BCUT2D eigenvalue weighted by Gasteiger charge is 2.41. The van der Waals surface area contributed by atoms with Crippen molar-refractivity contribution in [2.75, 3.05) is 28.4 Å². The summed E-state index contributed by atoms with van der Waals surface area (Å²) in [5.41, 5.74) is 0.971. The molecule has 0 aliphatic heterocycles. The van der Waals surface area contributed by atoms with Gasteiger partial charge in [0.25, 0.3) is 0 Å². The molecule has 0 spiro atoms. The second kappa shape index (κ2) is 7.14. The van der Waals surface area contributed by atoms with Crippen LogP contribution in [0.4, 0.5) is 0 Å². The van der Waals surface area contributed by atoms with Crippen LogP contribution in [0.3, 0.4) is 0 Å². The lowest BCUT2D eigenvalue weighted by atomic mass is 9.76. The third-order valence-corrected chi connectivity index (χ3v) is 4.67. The topological polar surface area (TPSA) is 39.7 Å². The van der Waals surface area contributed by atoms with E-state index in [1.807, 2.05) is 26.3 Å². The summed E-state index contributed by atoms with van der Waals surface area (Å²) in [5.74, 6) is 1.65. The summed E-state index contributed by atoms with van der Waals surface area (Å²) in [5, 5.41) is 3.45. The average molecular weight is 293 g/mol. The Bertz CT molecular complexity index is 455. The minimum absolute atomic E-state index is 0.114. The second-order valence-electron chi connectivity index (χ2n) is 5.66. The van der Waals surface area contributed by atoms with E-state index in [0.717, 1.165) is 29.9 Å². The van der Waals surface area contributed by atoms with Crippen LogP contribution in [0.5, 0.6) is 11.5 Å². The van der Waals surface area contributed by atoms with Crippen LogP contribution in [-0.4, -0.2) is 34.0 Å². The van der Waals surface area contributed by atoms with Crippen LogP contribution in [0.25, 0.3) is 0 Å². The number of ether oxygens (including phenoxy) is 3. The van der Waals surface area contributed by atoms with E-state index in [1.54, 1.807) is 14.2 Å². The van der Waals surface area contributed by atoms with Gasteiger partial charge in [0.05, 0.1) is 25.9 Å². The lowest BCUT2D eigenvalue weighted by Crippen LogP contribution is -2.46. The van der Waals surface area contributed by atoms with Crippen LogP contribution in [0.15, 0.2) is 18.2 Å². The number of likely N-dealkylation sites (N-methyl/N-ethyl adjacent to an activating group) is 1. The molecule has 1 fully saturated rings. The molecule has 21 heavy (non-hydrogen) atoms. The summed E-state index contributed by atoms with van der Waals surface area (Å²) < 4.78 is 16.9. The Morgan fingerprint density at radius 3 is 2.29 bits per heavy atom. The minimum Gasteiger partial charge on any atom is -0.497 e. The standard InChI is InChI=1S/C17H27NO3/c1-18-16(17(21-4)10-6-5-7-11-17)14-9-8-13(19-2)12-15(14)20-3/h8-9,12,16,18H,5-7,10-11H2,1-4H3. The van der Waals surface area contributed by atoms with Crippen molar-refractivity contribution in [1.29, 1.82) is 0 Å². The number of nitrogens with one attached hydrogen (secondary N) is 1. The lowest BCUT2D eigenvalue weighted by molar-refractivity contribution is -0.0675. The number of benzene rings is 1. The van der Waals surface area contributed by atoms with Crippen LogP contribution in [0.1, 0.15) is 43.7 Å². The van der Waals surface area contributed by atoms with Gasteiger partial charge in [-0.05, 0) is 32.0 Å². The molecule has 0 aromatic heterocycles. The Hall–Kier alpha value is -1.26. The van der Waals surface area contributed by atoms with Gasteiger partial charge in [-0.1, -0.05) is 19.3 Å². The van der Waals surface area contributed by atoms with E-state index < -0.39 is 0 Å². The van der Waals surface area contributed by atoms with E-state index in [1.165, 1.54) is 19.3 Å². The molecule has 0 saturated heterocycles. The van der Waals surface area contributed by atoms with E-state index in [2.05, 4.69) is 11.4 Å². The van der Waals surface area contributed by atoms with Crippen LogP contribution < -0.4 is 14.8 Å². The van der Waals surface area contributed by atoms with Gasteiger partial charge in [0.15, 0.2) is 0 Å². The average Bonchev–Trinajstić information content (AvgIpc) is 2.56. The van der Waals surface area contributed by atoms with Crippen LogP contribution in [0.2, 0.25) is 0 Å². The first-order valence-electron chi connectivity index (χ1n) is 7.65. The van der Waals surface area contributed by atoms with E-state index in [4.69, 9.17) is 14.2 Å². The molecule has 1 atom stereocenters. The van der Waals surface area contributed by atoms with Crippen molar-refractivity contribution in [1.82, 2.24) is 5.32 Å². The molecule has 1 saturated carbocycles. The highest BCUT2D eigenvalue weighted by atomic mass is 16.5. The zero-order valence-corrected chi connectivity index (χ0v) is 13.6. The maximum Gasteiger partial charge on any atom is 0.127 e. The molecule has 118 valence electrons. The fourth-order valence-corrected chi connectivity index (χ4v) is 3.52. The van der Waals surface area contributed by atoms with Crippen molar-refractivity contribution < 1.29 is 14.2 Å². The maximum absolute atomic E-state index is 5.99. The van der Waals surface area contributed by atoms with Crippen molar-refractivity contribution in [3.05, 3.63) is 23.8 Å². The van der Waals surface area contributed by atoms with Crippen molar-refractivity contribution in [2.45, 2.75) is 43.7 Å². The van der Waals surface area contributed by atoms with E-state index in [0.29, 0.717) is 0 Å². The largest absolute Gasteiger partial charge is 0.497 e. The normalized spacial score (nSPS) is 19.0. The minimum atomic E-state index is -0.158. The van der Waals surface area contributed by atoms with Gasteiger partial charge in [0.1, 0.15) is 11.5 Å². The van der Waals surface area contributed by atoms with Crippen LogP contribution in [0, 0.1) is 0 Å². The first kappa shape index (κ1) is 16.1. The molecule has 4 heteroatoms. The van der Waals surface area contributed by atoms with Gasteiger partial charge in [-0.15, -0.1) is 0 Å². The Balaban J connectivity index is 2.40. The Morgan fingerprint density at radius 1 is 1.05 bits per heavy atom. The van der Waals surface area contributed by atoms with Gasteiger partial charge in [0, 0.05) is 18.7 Å². The highest BCUT2D eigenvalue weighted by molar-refractivity contribution is 5.43. The molecule has 0 heterocycles. The van der Waals surface area contributed by atoms with Gasteiger partial charge in [-0.3, -0.25) is 0 Å². The van der Waals surface area contributed by atoms with Gasteiger partial charge >= 0.3 is 0 Å². The van der Waals surface area contributed by atoms with Crippen LogP contribution >= 0.6 is 0 Å². The van der Waals surface area contributed by atoms with Gasteiger partial charge in [-0.25, -0.2) is 0 Å². The first-order chi connectivity index (χ1) is 10.2. The summed E-state index contributed by atoms with van der Waals surface area (Å²) in [4.78, 5) is 0. The van der Waals surface area contributed by atoms with Gasteiger partial charge < -0.3 is 19.5 Å². The summed E-state index contributed by atoms with van der Waals surface area (Å²) in [6, 6.07) is 6.11. The molecule has 0 radical (unpaired) electrons. The molecule has 2 rings (SSSR count). The fraction of sp³-hybridized carbons (Fsp3) is 0.647. The number of rotatable bonds is 6. The zero-order valence-electron chi connectivity index (χ0n) is 13.6. The molecule has 1 aliphatic rings. The molecule has 1 aromatic carbocycles. The third-order valence-electron chi connectivity index (χ3n) is 4.67. The Kier molecular flexibility index (Phi) is 5.48. The smallest absolute Gasteiger partial charge is 0.127 e. The zero-order chi connectivity index (χ0) is 15.3. The summed E-state index contributed by atoms with van der Waals surface area (Å²) in [6.45, 7) is 0.